The molecule has 1 atom stereocenters. The van der Waals surface area contributed by atoms with Gasteiger partial charge in [0.05, 0.1) is 13.5 Å². The molecule has 11 heavy (non-hydrogen) atoms. The summed E-state index contributed by atoms with van der Waals surface area (Å²) in [7, 11) is 1.39. The molecule has 0 aliphatic heterocycles. The first-order valence-corrected chi connectivity index (χ1v) is 3.56. The number of carbonyl (C=O) groups excluding carboxylic acids is 1. The Labute approximate surface area is 72.7 Å². The topological polar surface area (TPSA) is 52.3 Å². The van der Waals surface area contributed by atoms with Crippen LogP contribution >= 0.6 is 12.4 Å². The number of hydrogen-bond donors (Lipinski definition) is 1. The van der Waals surface area contributed by atoms with Gasteiger partial charge >= 0.3 is 5.97 Å². The summed E-state index contributed by atoms with van der Waals surface area (Å²) in [6.45, 7) is 0. The zero-order valence-electron chi connectivity index (χ0n) is 6.58. The molecule has 2 N–H and O–H groups in total. The molecule has 0 bridgehead atoms. The summed E-state index contributed by atoms with van der Waals surface area (Å²) in [5.74, 6) is 0.387. The number of hydrogen-bond acceptors (Lipinski definition) is 3. The van der Waals surface area contributed by atoms with Crippen LogP contribution in [0.5, 0.6) is 0 Å². The largest absolute Gasteiger partial charge is 0.469 e. The van der Waals surface area contributed by atoms with E-state index in [2.05, 4.69) is 4.74 Å². The molecule has 1 rings (SSSR count). The van der Waals surface area contributed by atoms with Crippen molar-refractivity contribution >= 4 is 18.4 Å². The molecule has 4 heteroatoms. The molecule has 0 unspecified atom stereocenters. The van der Waals surface area contributed by atoms with E-state index in [1.165, 1.54) is 20.0 Å². The first-order chi connectivity index (χ1) is 4.74. The van der Waals surface area contributed by atoms with Gasteiger partial charge in [-0.25, -0.2) is 0 Å². The van der Waals surface area contributed by atoms with Gasteiger partial charge in [0.2, 0.25) is 0 Å². The van der Waals surface area contributed by atoms with Crippen LogP contribution in [0.4, 0.5) is 0 Å². The van der Waals surface area contributed by atoms with Crippen LogP contribution in [-0.2, 0) is 9.53 Å². The number of rotatable bonds is 3. The van der Waals surface area contributed by atoms with Crippen molar-refractivity contribution in [1.29, 1.82) is 0 Å². The highest BCUT2D eigenvalue weighted by Crippen LogP contribution is 2.32. The fourth-order valence-electron chi connectivity index (χ4n) is 0.967. The van der Waals surface area contributed by atoms with Crippen LogP contribution in [0.2, 0.25) is 0 Å². The highest BCUT2D eigenvalue weighted by atomic mass is 35.5. The summed E-state index contributed by atoms with van der Waals surface area (Å²) in [5, 5.41) is 0. The summed E-state index contributed by atoms with van der Waals surface area (Å²) in [6, 6.07) is 0.0347. The predicted octanol–water partition coefficient (Wildman–Crippen LogP) is 0.709. The molecule has 0 amide bonds. The molecular weight excluding hydrogens is 166 g/mol. The van der Waals surface area contributed by atoms with Gasteiger partial charge in [0.25, 0.3) is 0 Å². The Bertz CT molecular complexity index is 136. The third-order valence-corrected chi connectivity index (χ3v) is 1.86. The number of carbonyl (C=O) groups is 1. The Morgan fingerprint density at radius 2 is 2.27 bits per heavy atom. The summed E-state index contributed by atoms with van der Waals surface area (Å²) in [6.07, 6.45) is 2.73. The molecule has 66 valence electrons. The summed E-state index contributed by atoms with van der Waals surface area (Å²) in [4.78, 5) is 10.7. The van der Waals surface area contributed by atoms with Crippen molar-refractivity contribution in [2.75, 3.05) is 7.11 Å². The molecule has 1 saturated carbocycles. The lowest BCUT2D eigenvalue weighted by Gasteiger charge is -2.06. The highest BCUT2D eigenvalue weighted by molar-refractivity contribution is 5.85. The van der Waals surface area contributed by atoms with E-state index in [-0.39, 0.29) is 24.4 Å². The van der Waals surface area contributed by atoms with Gasteiger partial charge in [0, 0.05) is 6.04 Å². The molecular formula is C7H14ClNO2. The van der Waals surface area contributed by atoms with Crippen LogP contribution in [-0.4, -0.2) is 19.1 Å². The Hall–Kier alpha value is -0.280. The van der Waals surface area contributed by atoms with Crippen molar-refractivity contribution in [2.24, 2.45) is 11.7 Å². The average Bonchev–Trinajstić information content (AvgIpc) is 2.68. The van der Waals surface area contributed by atoms with Crippen molar-refractivity contribution in [3.8, 4) is 0 Å². The Morgan fingerprint density at radius 3 is 2.64 bits per heavy atom. The van der Waals surface area contributed by atoms with Gasteiger partial charge in [-0.05, 0) is 18.8 Å². The molecule has 0 radical (unpaired) electrons. The van der Waals surface area contributed by atoms with Crippen molar-refractivity contribution in [1.82, 2.24) is 0 Å². The number of methoxy groups -OCH3 is 1. The molecule has 1 aliphatic rings. The monoisotopic (exact) mass is 179 g/mol. The molecule has 0 aromatic carbocycles. The van der Waals surface area contributed by atoms with E-state index >= 15 is 0 Å². The van der Waals surface area contributed by atoms with Gasteiger partial charge in [-0.2, -0.15) is 0 Å². The summed E-state index contributed by atoms with van der Waals surface area (Å²) < 4.78 is 4.48. The minimum Gasteiger partial charge on any atom is -0.469 e. The Kier molecular flexibility index (Phi) is 4.45. The fraction of sp³-hybridized carbons (Fsp3) is 0.857. The number of halogens is 1. The lowest BCUT2D eigenvalue weighted by atomic mass is 10.1. The Morgan fingerprint density at radius 1 is 1.73 bits per heavy atom. The van der Waals surface area contributed by atoms with Crippen LogP contribution in [0, 0.1) is 5.92 Å². The van der Waals surface area contributed by atoms with E-state index in [0.29, 0.717) is 12.3 Å². The third-order valence-electron chi connectivity index (χ3n) is 1.86. The predicted molar refractivity (Wildman–Crippen MR) is 44.6 cm³/mol. The molecule has 0 saturated heterocycles. The number of esters is 1. The maximum Gasteiger partial charge on any atom is 0.307 e. The Balaban J connectivity index is 0.000001000. The van der Waals surface area contributed by atoms with Crippen LogP contribution in [0.1, 0.15) is 19.3 Å². The zero-order chi connectivity index (χ0) is 7.56. The van der Waals surface area contributed by atoms with Gasteiger partial charge < -0.3 is 10.5 Å². The molecule has 0 aromatic heterocycles. The van der Waals surface area contributed by atoms with Crippen LogP contribution in [0.15, 0.2) is 0 Å². The molecule has 3 nitrogen and oxygen atoms in total. The quantitative estimate of drug-likeness (QED) is 0.650. The second-order valence-electron chi connectivity index (χ2n) is 2.78. The summed E-state index contributed by atoms with van der Waals surface area (Å²) in [5.41, 5.74) is 5.65. The summed E-state index contributed by atoms with van der Waals surface area (Å²) >= 11 is 0. The molecule has 0 spiro atoms. The fourth-order valence-corrected chi connectivity index (χ4v) is 0.967. The molecule has 0 heterocycles. The maximum atomic E-state index is 10.7. The zero-order valence-corrected chi connectivity index (χ0v) is 7.39. The van der Waals surface area contributed by atoms with Gasteiger partial charge in [-0.3, -0.25) is 4.79 Å². The lowest BCUT2D eigenvalue weighted by molar-refractivity contribution is -0.141. The van der Waals surface area contributed by atoms with E-state index in [1.54, 1.807) is 0 Å². The van der Waals surface area contributed by atoms with Crippen molar-refractivity contribution in [2.45, 2.75) is 25.3 Å². The van der Waals surface area contributed by atoms with E-state index in [4.69, 9.17) is 5.73 Å². The van der Waals surface area contributed by atoms with Crippen molar-refractivity contribution < 1.29 is 9.53 Å². The normalized spacial score (nSPS) is 18.4. The minimum absolute atomic E-state index is 0. The first-order valence-electron chi connectivity index (χ1n) is 3.56. The van der Waals surface area contributed by atoms with E-state index < -0.39 is 0 Å². The average molecular weight is 180 g/mol. The molecule has 1 aliphatic carbocycles. The SMILES string of the molecule is COC(=O)C[C@H](N)C1CC1.Cl. The maximum absolute atomic E-state index is 10.7. The second-order valence-corrected chi connectivity index (χ2v) is 2.78. The second kappa shape index (κ2) is 4.57. The van der Waals surface area contributed by atoms with Gasteiger partial charge in [0.15, 0.2) is 0 Å². The smallest absolute Gasteiger partial charge is 0.307 e. The first kappa shape index (κ1) is 10.7. The van der Waals surface area contributed by atoms with E-state index in [1.807, 2.05) is 0 Å². The number of ether oxygens (including phenoxy) is 1. The van der Waals surface area contributed by atoms with Crippen LogP contribution in [0.25, 0.3) is 0 Å². The van der Waals surface area contributed by atoms with Gasteiger partial charge in [0.1, 0.15) is 0 Å². The highest BCUT2D eigenvalue weighted by Gasteiger charge is 2.29. The lowest BCUT2D eigenvalue weighted by Crippen LogP contribution is -2.26. The minimum atomic E-state index is -0.195. The van der Waals surface area contributed by atoms with E-state index in [0.717, 1.165) is 0 Å². The van der Waals surface area contributed by atoms with Gasteiger partial charge in [-0.15, -0.1) is 12.4 Å². The standard InChI is InChI=1S/C7H13NO2.ClH/c1-10-7(9)4-6(8)5-2-3-5;/h5-6H,2-4,8H2,1H3;1H/t6-;/m0./s1. The molecule has 0 aromatic rings. The van der Waals surface area contributed by atoms with Gasteiger partial charge in [-0.1, -0.05) is 0 Å². The van der Waals surface area contributed by atoms with Crippen LogP contribution < -0.4 is 5.73 Å². The van der Waals surface area contributed by atoms with Crippen LogP contribution in [0.3, 0.4) is 0 Å². The van der Waals surface area contributed by atoms with Crippen molar-refractivity contribution in [3.05, 3.63) is 0 Å². The number of nitrogens with two attached hydrogens (primary N) is 1. The van der Waals surface area contributed by atoms with E-state index in [9.17, 15) is 4.79 Å². The molecule has 1 fully saturated rings. The third kappa shape index (κ3) is 3.58. The van der Waals surface area contributed by atoms with Crippen molar-refractivity contribution in [3.63, 3.8) is 0 Å².